The van der Waals surface area contributed by atoms with Gasteiger partial charge >= 0.3 is 0 Å². The molecule has 0 aliphatic rings. The van der Waals surface area contributed by atoms with Crippen molar-refractivity contribution < 1.29 is 15.0 Å². The van der Waals surface area contributed by atoms with Crippen molar-refractivity contribution in [3.8, 4) is 0 Å². The molecule has 0 fully saturated rings. The van der Waals surface area contributed by atoms with E-state index < -0.39 is 6.10 Å². The second kappa shape index (κ2) is 5.48. The molecule has 4 heteroatoms. The summed E-state index contributed by atoms with van der Waals surface area (Å²) in [5, 5.41) is 20.1. The summed E-state index contributed by atoms with van der Waals surface area (Å²) in [5.41, 5.74) is 1.56. The highest BCUT2D eigenvalue weighted by molar-refractivity contribution is 5.94. The minimum atomic E-state index is -0.904. The van der Waals surface area contributed by atoms with E-state index in [1.165, 1.54) is 0 Å². The third kappa shape index (κ3) is 3.69. The number of carbonyl (C=O) groups is 1. The first-order valence-corrected chi connectivity index (χ1v) is 4.77. The van der Waals surface area contributed by atoms with Gasteiger partial charge in [-0.05, 0) is 19.1 Å². The molecule has 0 aromatic heterocycles. The molecule has 15 heavy (non-hydrogen) atoms. The molecule has 1 amide bonds. The third-order valence-corrected chi connectivity index (χ3v) is 1.99. The Labute approximate surface area is 88.6 Å². The molecule has 0 saturated carbocycles. The first-order valence-electron chi connectivity index (χ1n) is 4.77. The smallest absolute Gasteiger partial charge is 0.251 e. The lowest BCUT2D eigenvalue weighted by Crippen LogP contribution is -2.33. The van der Waals surface area contributed by atoms with Gasteiger partial charge in [0.25, 0.3) is 5.91 Å². The fourth-order valence-corrected chi connectivity index (χ4v) is 1.16. The van der Waals surface area contributed by atoms with Crippen LogP contribution in [0.3, 0.4) is 0 Å². The average Bonchev–Trinajstić information content (AvgIpc) is 2.25. The highest BCUT2D eigenvalue weighted by atomic mass is 16.3. The van der Waals surface area contributed by atoms with Gasteiger partial charge in [-0.25, -0.2) is 0 Å². The molecule has 3 N–H and O–H groups in total. The summed E-state index contributed by atoms with van der Waals surface area (Å²) >= 11 is 0. The van der Waals surface area contributed by atoms with Crippen molar-refractivity contribution in [3.63, 3.8) is 0 Å². The summed E-state index contributed by atoms with van der Waals surface area (Å²) in [5.74, 6) is -0.244. The van der Waals surface area contributed by atoms with Crippen molar-refractivity contribution in [1.29, 1.82) is 0 Å². The van der Waals surface area contributed by atoms with Gasteiger partial charge in [0.2, 0.25) is 0 Å². The van der Waals surface area contributed by atoms with Crippen LogP contribution in [0.5, 0.6) is 0 Å². The van der Waals surface area contributed by atoms with Gasteiger partial charge in [-0.2, -0.15) is 0 Å². The van der Waals surface area contributed by atoms with Gasteiger partial charge in [-0.1, -0.05) is 17.7 Å². The van der Waals surface area contributed by atoms with E-state index >= 15 is 0 Å². The second-order valence-corrected chi connectivity index (χ2v) is 3.42. The Morgan fingerprint density at radius 2 is 2.27 bits per heavy atom. The number of nitrogens with one attached hydrogen (secondary N) is 1. The van der Waals surface area contributed by atoms with E-state index in [0.717, 1.165) is 5.56 Å². The fraction of sp³-hybridized carbons (Fsp3) is 0.364. The van der Waals surface area contributed by atoms with Crippen LogP contribution in [0, 0.1) is 6.92 Å². The third-order valence-electron chi connectivity index (χ3n) is 1.99. The average molecular weight is 209 g/mol. The van der Waals surface area contributed by atoms with Crippen molar-refractivity contribution in [3.05, 3.63) is 35.4 Å². The maximum absolute atomic E-state index is 11.5. The lowest BCUT2D eigenvalue weighted by molar-refractivity contribution is 0.0802. The first kappa shape index (κ1) is 11.7. The standard InChI is InChI=1S/C11H15NO3/c1-8-3-2-4-9(5-8)11(15)12-6-10(14)7-13/h2-5,10,13-14H,6-7H2,1H3,(H,12,15)/t10-/m1/s1. The number of aryl methyl sites for hydroxylation is 1. The number of hydrogen-bond acceptors (Lipinski definition) is 3. The van der Waals surface area contributed by atoms with Crippen LogP contribution in [0.25, 0.3) is 0 Å². The van der Waals surface area contributed by atoms with Crippen molar-refractivity contribution in [2.75, 3.05) is 13.2 Å². The van der Waals surface area contributed by atoms with Gasteiger partial charge in [0.1, 0.15) is 0 Å². The Kier molecular flexibility index (Phi) is 4.27. The first-order chi connectivity index (χ1) is 7.13. The molecule has 0 heterocycles. The highest BCUT2D eigenvalue weighted by Crippen LogP contribution is 2.03. The molecule has 0 bridgehead atoms. The molecule has 0 unspecified atom stereocenters. The van der Waals surface area contributed by atoms with Crippen molar-refractivity contribution in [1.82, 2.24) is 5.32 Å². The summed E-state index contributed by atoms with van der Waals surface area (Å²) < 4.78 is 0. The van der Waals surface area contributed by atoms with E-state index in [2.05, 4.69) is 5.32 Å². The molecule has 4 nitrogen and oxygen atoms in total. The molecule has 1 atom stereocenters. The Morgan fingerprint density at radius 3 is 2.87 bits per heavy atom. The van der Waals surface area contributed by atoms with E-state index in [0.29, 0.717) is 5.56 Å². The van der Waals surface area contributed by atoms with Crippen molar-refractivity contribution >= 4 is 5.91 Å². The highest BCUT2D eigenvalue weighted by Gasteiger charge is 2.07. The number of benzene rings is 1. The molecule has 0 radical (unpaired) electrons. The van der Waals surface area contributed by atoms with Gasteiger partial charge < -0.3 is 15.5 Å². The Hall–Kier alpha value is -1.39. The monoisotopic (exact) mass is 209 g/mol. The zero-order chi connectivity index (χ0) is 11.3. The van der Waals surface area contributed by atoms with E-state index in [9.17, 15) is 4.79 Å². The molecule has 1 aromatic rings. The van der Waals surface area contributed by atoms with Crippen molar-refractivity contribution in [2.45, 2.75) is 13.0 Å². The van der Waals surface area contributed by atoms with Crippen LogP contribution in [0.15, 0.2) is 24.3 Å². The number of aliphatic hydroxyl groups excluding tert-OH is 2. The van der Waals surface area contributed by atoms with E-state index in [1.807, 2.05) is 13.0 Å². The lowest BCUT2D eigenvalue weighted by atomic mass is 10.1. The van der Waals surface area contributed by atoms with E-state index in [4.69, 9.17) is 10.2 Å². The maximum Gasteiger partial charge on any atom is 0.251 e. The van der Waals surface area contributed by atoms with Crippen molar-refractivity contribution in [2.24, 2.45) is 0 Å². The molecule has 0 aliphatic carbocycles. The quantitative estimate of drug-likeness (QED) is 0.657. The molecule has 1 rings (SSSR count). The molecule has 82 valence electrons. The van der Waals surface area contributed by atoms with Gasteiger partial charge in [-0.15, -0.1) is 0 Å². The van der Waals surface area contributed by atoms with E-state index in [-0.39, 0.29) is 19.1 Å². The fourth-order valence-electron chi connectivity index (χ4n) is 1.16. The normalized spacial score (nSPS) is 12.2. The van der Waals surface area contributed by atoms with Gasteiger partial charge in [0.05, 0.1) is 12.7 Å². The summed E-state index contributed by atoms with van der Waals surface area (Å²) in [6.07, 6.45) is -0.904. The van der Waals surface area contributed by atoms with Crippen LogP contribution < -0.4 is 5.32 Å². The van der Waals surface area contributed by atoms with Crippen LogP contribution >= 0.6 is 0 Å². The summed E-state index contributed by atoms with van der Waals surface area (Å²) in [7, 11) is 0. The van der Waals surface area contributed by atoms with Crippen LogP contribution in [0.4, 0.5) is 0 Å². The summed E-state index contributed by atoms with van der Waals surface area (Å²) in [6.45, 7) is 1.61. The molecular formula is C11H15NO3. The predicted octanol–water partition coefficient (Wildman–Crippen LogP) is 0.0780. The Bertz CT molecular complexity index is 338. The molecule has 0 aliphatic heterocycles. The minimum absolute atomic E-state index is 0.0588. The zero-order valence-corrected chi connectivity index (χ0v) is 8.60. The Morgan fingerprint density at radius 1 is 1.53 bits per heavy atom. The maximum atomic E-state index is 11.5. The Balaban J connectivity index is 2.54. The van der Waals surface area contributed by atoms with Gasteiger partial charge in [0.15, 0.2) is 0 Å². The summed E-state index contributed by atoms with van der Waals surface area (Å²) in [4.78, 5) is 11.5. The topological polar surface area (TPSA) is 69.6 Å². The number of carbonyl (C=O) groups excluding carboxylic acids is 1. The number of hydrogen-bond donors (Lipinski definition) is 3. The molecule has 0 saturated heterocycles. The van der Waals surface area contributed by atoms with Crippen LogP contribution in [-0.4, -0.2) is 35.4 Å². The van der Waals surface area contributed by atoms with Gasteiger partial charge in [0, 0.05) is 12.1 Å². The number of rotatable bonds is 4. The molecule has 0 spiro atoms. The lowest BCUT2D eigenvalue weighted by Gasteiger charge is -2.09. The summed E-state index contributed by atoms with van der Waals surface area (Å²) in [6, 6.07) is 7.17. The van der Waals surface area contributed by atoms with Crippen LogP contribution in [0.2, 0.25) is 0 Å². The molecular weight excluding hydrogens is 194 g/mol. The number of amides is 1. The predicted molar refractivity (Wildman–Crippen MR) is 56.6 cm³/mol. The minimum Gasteiger partial charge on any atom is -0.394 e. The number of aliphatic hydroxyl groups is 2. The zero-order valence-electron chi connectivity index (χ0n) is 8.60. The molecule has 1 aromatic carbocycles. The van der Waals surface area contributed by atoms with Crippen LogP contribution in [0.1, 0.15) is 15.9 Å². The van der Waals surface area contributed by atoms with Crippen LogP contribution in [-0.2, 0) is 0 Å². The van der Waals surface area contributed by atoms with E-state index in [1.54, 1.807) is 18.2 Å². The second-order valence-electron chi connectivity index (χ2n) is 3.42. The SMILES string of the molecule is Cc1cccc(C(=O)NC[C@@H](O)CO)c1. The largest absolute Gasteiger partial charge is 0.394 e. The van der Waals surface area contributed by atoms with Gasteiger partial charge in [-0.3, -0.25) is 4.79 Å².